The van der Waals surface area contributed by atoms with Crippen molar-refractivity contribution in [3.8, 4) is 17.2 Å². The summed E-state index contributed by atoms with van der Waals surface area (Å²) in [5.41, 5.74) is 2.53. The van der Waals surface area contributed by atoms with Gasteiger partial charge in [-0.15, -0.1) is 0 Å². The van der Waals surface area contributed by atoms with Crippen LogP contribution in [0.2, 0.25) is 0 Å². The SMILES string of the molecule is COc1cc(C(C)NC2CCN(Cc3ccccc3)CC2)cc(OC)c1OC. The molecule has 0 spiro atoms. The smallest absolute Gasteiger partial charge is 0.203 e. The Bertz CT molecular complexity index is 718. The van der Waals surface area contributed by atoms with E-state index in [0.717, 1.165) is 38.0 Å². The van der Waals surface area contributed by atoms with Crippen LogP contribution in [-0.4, -0.2) is 45.4 Å². The number of ether oxygens (including phenoxy) is 3. The zero-order valence-electron chi connectivity index (χ0n) is 17.4. The fourth-order valence-corrected chi connectivity index (χ4v) is 3.90. The van der Waals surface area contributed by atoms with Gasteiger partial charge >= 0.3 is 0 Å². The van der Waals surface area contributed by atoms with E-state index in [1.165, 1.54) is 5.56 Å². The lowest BCUT2D eigenvalue weighted by Gasteiger charge is -2.34. The largest absolute Gasteiger partial charge is 0.493 e. The lowest BCUT2D eigenvalue weighted by atomic mass is 10.0. The van der Waals surface area contributed by atoms with Gasteiger partial charge in [0.2, 0.25) is 5.75 Å². The summed E-state index contributed by atoms with van der Waals surface area (Å²) in [5.74, 6) is 2.03. The molecule has 0 aromatic heterocycles. The molecule has 1 N–H and O–H groups in total. The van der Waals surface area contributed by atoms with Crippen LogP contribution in [0.3, 0.4) is 0 Å². The third kappa shape index (κ3) is 4.97. The van der Waals surface area contributed by atoms with Crippen LogP contribution in [0.5, 0.6) is 17.2 Å². The van der Waals surface area contributed by atoms with Crippen LogP contribution in [0.25, 0.3) is 0 Å². The average Bonchev–Trinajstić information content (AvgIpc) is 2.74. The molecule has 152 valence electrons. The molecule has 0 radical (unpaired) electrons. The number of methoxy groups -OCH3 is 3. The van der Waals surface area contributed by atoms with Crippen molar-refractivity contribution in [2.75, 3.05) is 34.4 Å². The minimum absolute atomic E-state index is 0.208. The van der Waals surface area contributed by atoms with E-state index in [-0.39, 0.29) is 6.04 Å². The summed E-state index contributed by atoms with van der Waals surface area (Å²) < 4.78 is 16.4. The third-order valence-electron chi connectivity index (χ3n) is 5.51. The van der Waals surface area contributed by atoms with Gasteiger partial charge in [0, 0.05) is 18.6 Å². The molecule has 2 aromatic carbocycles. The van der Waals surface area contributed by atoms with E-state index in [2.05, 4.69) is 47.5 Å². The molecule has 0 bridgehead atoms. The van der Waals surface area contributed by atoms with Crippen molar-refractivity contribution in [3.05, 3.63) is 53.6 Å². The lowest BCUT2D eigenvalue weighted by Crippen LogP contribution is -2.42. The van der Waals surface area contributed by atoms with Crippen LogP contribution in [0.4, 0.5) is 0 Å². The molecular weight excluding hydrogens is 352 g/mol. The van der Waals surface area contributed by atoms with E-state index in [0.29, 0.717) is 23.3 Å². The number of rotatable bonds is 8. The van der Waals surface area contributed by atoms with Crippen molar-refractivity contribution < 1.29 is 14.2 Å². The highest BCUT2D eigenvalue weighted by Crippen LogP contribution is 2.39. The maximum Gasteiger partial charge on any atom is 0.203 e. The Hall–Kier alpha value is -2.24. The van der Waals surface area contributed by atoms with E-state index in [1.807, 2.05) is 12.1 Å². The predicted molar refractivity (Wildman–Crippen MR) is 112 cm³/mol. The maximum atomic E-state index is 5.49. The molecule has 1 atom stereocenters. The van der Waals surface area contributed by atoms with Crippen LogP contribution in [0, 0.1) is 0 Å². The highest BCUT2D eigenvalue weighted by molar-refractivity contribution is 5.54. The average molecular weight is 385 g/mol. The normalized spacial score (nSPS) is 16.6. The van der Waals surface area contributed by atoms with Gasteiger partial charge in [0.1, 0.15) is 0 Å². The molecule has 5 nitrogen and oxygen atoms in total. The van der Waals surface area contributed by atoms with E-state index in [9.17, 15) is 0 Å². The van der Waals surface area contributed by atoms with Crippen LogP contribution in [0.15, 0.2) is 42.5 Å². The summed E-state index contributed by atoms with van der Waals surface area (Å²) in [7, 11) is 4.94. The summed E-state index contributed by atoms with van der Waals surface area (Å²) in [4.78, 5) is 2.54. The van der Waals surface area contributed by atoms with Crippen LogP contribution >= 0.6 is 0 Å². The van der Waals surface area contributed by atoms with Gasteiger partial charge in [-0.2, -0.15) is 0 Å². The zero-order valence-corrected chi connectivity index (χ0v) is 17.4. The monoisotopic (exact) mass is 384 g/mol. The highest BCUT2D eigenvalue weighted by atomic mass is 16.5. The van der Waals surface area contributed by atoms with Crippen LogP contribution in [-0.2, 0) is 6.54 Å². The van der Waals surface area contributed by atoms with Gasteiger partial charge in [0.05, 0.1) is 21.3 Å². The molecule has 1 saturated heterocycles. The zero-order chi connectivity index (χ0) is 19.9. The minimum Gasteiger partial charge on any atom is -0.493 e. The molecule has 0 saturated carbocycles. The fraction of sp³-hybridized carbons (Fsp3) is 0.478. The third-order valence-corrected chi connectivity index (χ3v) is 5.51. The quantitative estimate of drug-likeness (QED) is 0.744. The second-order valence-corrected chi connectivity index (χ2v) is 7.38. The molecule has 1 unspecified atom stereocenters. The molecule has 0 amide bonds. The summed E-state index contributed by atoms with van der Waals surface area (Å²) >= 11 is 0. The van der Waals surface area contributed by atoms with Gasteiger partial charge in [0.15, 0.2) is 11.5 Å². The van der Waals surface area contributed by atoms with Crippen molar-refractivity contribution in [3.63, 3.8) is 0 Å². The second-order valence-electron chi connectivity index (χ2n) is 7.38. The standard InChI is InChI=1S/C23H32N2O3/c1-17(19-14-21(26-2)23(28-4)22(15-19)27-3)24-20-10-12-25(13-11-20)16-18-8-6-5-7-9-18/h5-9,14-15,17,20,24H,10-13,16H2,1-4H3. The first-order valence-electron chi connectivity index (χ1n) is 9.96. The molecule has 0 aliphatic carbocycles. The summed E-state index contributed by atoms with van der Waals surface area (Å²) in [6, 6.07) is 15.5. The number of hydrogen-bond acceptors (Lipinski definition) is 5. The van der Waals surface area contributed by atoms with E-state index in [4.69, 9.17) is 14.2 Å². The summed E-state index contributed by atoms with van der Waals surface area (Å²) in [6.07, 6.45) is 2.31. The van der Waals surface area contributed by atoms with Crippen LogP contribution in [0.1, 0.15) is 36.9 Å². The van der Waals surface area contributed by atoms with E-state index >= 15 is 0 Å². The van der Waals surface area contributed by atoms with Gasteiger partial charge in [-0.3, -0.25) is 4.90 Å². The Kier molecular flexibility index (Phi) is 7.18. The molecule has 5 heteroatoms. The van der Waals surface area contributed by atoms with Crippen molar-refractivity contribution in [1.29, 1.82) is 0 Å². The molecule has 1 heterocycles. The Morgan fingerprint density at radius 3 is 2.11 bits per heavy atom. The Balaban J connectivity index is 1.57. The molecule has 1 aliphatic heterocycles. The highest BCUT2D eigenvalue weighted by Gasteiger charge is 2.22. The molecule has 1 fully saturated rings. The lowest BCUT2D eigenvalue weighted by molar-refractivity contribution is 0.185. The maximum absolute atomic E-state index is 5.49. The first-order valence-corrected chi connectivity index (χ1v) is 9.96. The van der Waals surface area contributed by atoms with Crippen LogP contribution < -0.4 is 19.5 Å². The number of nitrogens with zero attached hydrogens (tertiary/aromatic N) is 1. The number of likely N-dealkylation sites (tertiary alicyclic amines) is 1. The molecule has 3 rings (SSSR count). The fourth-order valence-electron chi connectivity index (χ4n) is 3.90. The Morgan fingerprint density at radius 1 is 0.964 bits per heavy atom. The topological polar surface area (TPSA) is 43.0 Å². The van der Waals surface area contributed by atoms with Gasteiger partial charge in [-0.25, -0.2) is 0 Å². The van der Waals surface area contributed by atoms with Crippen molar-refractivity contribution >= 4 is 0 Å². The van der Waals surface area contributed by atoms with Crippen molar-refractivity contribution in [2.45, 2.75) is 38.4 Å². The second kappa shape index (κ2) is 9.80. The molecule has 28 heavy (non-hydrogen) atoms. The van der Waals surface area contributed by atoms with Gasteiger partial charge in [-0.1, -0.05) is 30.3 Å². The summed E-state index contributed by atoms with van der Waals surface area (Å²) in [6.45, 7) is 5.47. The number of hydrogen-bond donors (Lipinski definition) is 1. The minimum atomic E-state index is 0.208. The van der Waals surface area contributed by atoms with E-state index in [1.54, 1.807) is 21.3 Å². The Labute approximate surface area is 168 Å². The van der Waals surface area contributed by atoms with E-state index < -0.39 is 0 Å². The number of benzene rings is 2. The number of piperidine rings is 1. The molecule has 1 aliphatic rings. The first-order chi connectivity index (χ1) is 13.6. The molecule has 2 aromatic rings. The van der Waals surface area contributed by atoms with Crippen molar-refractivity contribution in [1.82, 2.24) is 10.2 Å². The predicted octanol–water partition coefficient (Wildman–Crippen LogP) is 4.03. The number of nitrogens with one attached hydrogen (secondary N) is 1. The first kappa shape index (κ1) is 20.5. The van der Waals surface area contributed by atoms with Gasteiger partial charge in [0.25, 0.3) is 0 Å². The Morgan fingerprint density at radius 2 is 1.57 bits per heavy atom. The van der Waals surface area contributed by atoms with Gasteiger partial charge < -0.3 is 19.5 Å². The molecular formula is C23H32N2O3. The summed E-state index contributed by atoms with van der Waals surface area (Å²) in [5, 5.41) is 3.78. The van der Waals surface area contributed by atoms with Crippen molar-refractivity contribution in [2.24, 2.45) is 0 Å². The van der Waals surface area contributed by atoms with Gasteiger partial charge in [-0.05, 0) is 56.1 Å².